The van der Waals surface area contributed by atoms with Crippen molar-refractivity contribution in [3.05, 3.63) is 36.5 Å². The van der Waals surface area contributed by atoms with Gasteiger partial charge in [-0.15, -0.1) is 0 Å². The summed E-state index contributed by atoms with van der Waals surface area (Å²) in [6, 6.07) is -0.563. The van der Waals surface area contributed by atoms with Gasteiger partial charge in [-0.3, -0.25) is 9.59 Å². The van der Waals surface area contributed by atoms with Gasteiger partial charge in [0.25, 0.3) is 0 Å². The van der Waals surface area contributed by atoms with Crippen LogP contribution in [0.2, 0.25) is 0 Å². The Hall–Kier alpha value is -1.92. The second-order valence-electron chi connectivity index (χ2n) is 17.5. The first-order chi connectivity index (χ1) is 29.0. The minimum absolute atomic E-state index is 0.0450. The van der Waals surface area contributed by atoms with E-state index in [9.17, 15) is 19.8 Å². The topological polar surface area (TPSA) is 95.9 Å². The number of nitrogens with one attached hydrogen (secondary N) is 1. The number of aliphatic hydroxyl groups is 2. The maximum absolute atomic E-state index is 12.4. The van der Waals surface area contributed by atoms with Crippen molar-refractivity contribution in [3.8, 4) is 0 Å². The fraction of sp³-hybridized carbons (Fsp3) is 0.849. The minimum Gasteiger partial charge on any atom is -0.466 e. The largest absolute Gasteiger partial charge is 0.466 e. The van der Waals surface area contributed by atoms with E-state index in [1.54, 1.807) is 0 Å². The zero-order chi connectivity index (χ0) is 43.0. The normalized spacial score (nSPS) is 12.9. The molecule has 0 fully saturated rings. The van der Waals surface area contributed by atoms with E-state index in [0.717, 1.165) is 96.3 Å². The van der Waals surface area contributed by atoms with E-state index in [0.29, 0.717) is 25.9 Å². The van der Waals surface area contributed by atoms with Crippen molar-refractivity contribution in [3.63, 3.8) is 0 Å². The fourth-order valence-electron chi connectivity index (χ4n) is 7.66. The first-order valence-electron chi connectivity index (χ1n) is 25.7. The number of esters is 1. The van der Waals surface area contributed by atoms with Crippen molar-refractivity contribution in [2.45, 2.75) is 276 Å². The van der Waals surface area contributed by atoms with Crippen molar-refractivity contribution in [2.24, 2.45) is 0 Å². The molecule has 0 radical (unpaired) electrons. The lowest BCUT2D eigenvalue weighted by Gasteiger charge is -2.22. The first-order valence-corrected chi connectivity index (χ1v) is 25.7. The monoisotopic (exact) mass is 830 g/mol. The summed E-state index contributed by atoms with van der Waals surface area (Å²) >= 11 is 0. The summed E-state index contributed by atoms with van der Waals surface area (Å²) in [6.45, 7) is 4.85. The number of hydrogen-bond donors (Lipinski definition) is 3. The van der Waals surface area contributed by atoms with Gasteiger partial charge in [0.05, 0.1) is 25.4 Å². The van der Waals surface area contributed by atoms with Gasteiger partial charge in [0, 0.05) is 12.8 Å². The van der Waals surface area contributed by atoms with Crippen LogP contribution in [0.15, 0.2) is 36.5 Å². The Morgan fingerprint density at radius 2 is 0.847 bits per heavy atom. The van der Waals surface area contributed by atoms with Gasteiger partial charge in [-0.05, 0) is 83.5 Å². The Labute approximate surface area is 366 Å². The average molecular weight is 830 g/mol. The zero-order valence-corrected chi connectivity index (χ0v) is 39.2. The molecule has 2 unspecified atom stereocenters. The Morgan fingerprint density at radius 3 is 1.32 bits per heavy atom. The van der Waals surface area contributed by atoms with Gasteiger partial charge in [0.2, 0.25) is 5.91 Å². The molecule has 0 saturated heterocycles. The molecule has 0 bridgehead atoms. The Kier molecular flexibility index (Phi) is 47.2. The lowest BCUT2D eigenvalue weighted by molar-refractivity contribution is -0.143. The van der Waals surface area contributed by atoms with Crippen LogP contribution in [0, 0.1) is 0 Å². The highest BCUT2D eigenvalue weighted by Crippen LogP contribution is 2.16. The smallest absolute Gasteiger partial charge is 0.305 e. The van der Waals surface area contributed by atoms with Gasteiger partial charge in [-0.25, -0.2) is 0 Å². The molecular weight excluding hydrogens is 731 g/mol. The molecule has 0 rings (SSSR count). The number of carbonyl (C=O) groups excluding carboxylic acids is 2. The second kappa shape index (κ2) is 48.7. The third-order valence-electron chi connectivity index (χ3n) is 11.7. The first kappa shape index (κ1) is 57.1. The summed E-state index contributed by atoms with van der Waals surface area (Å²) in [5, 5.41) is 23.2. The Balaban J connectivity index is 3.53. The molecule has 6 nitrogen and oxygen atoms in total. The van der Waals surface area contributed by atoms with E-state index in [1.165, 1.54) is 135 Å². The molecule has 0 spiro atoms. The Bertz CT molecular complexity index is 962. The number of hydrogen-bond acceptors (Lipinski definition) is 5. The molecule has 3 N–H and O–H groups in total. The van der Waals surface area contributed by atoms with Gasteiger partial charge < -0.3 is 20.3 Å². The van der Waals surface area contributed by atoms with Crippen LogP contribution in [0.25, 0.3) is 0 Å². The maximum atomic E-state index is 12.4. The highest BCUT2D eigenvalue weighted by molar-refractivity contribution is 5.76. The molecular formula is C53H99NO5. The van der Waals surface area contributed by atoms with Gasteiger partial charge in [-0.1, -0.05) is 204 Å². The molecule has 0 saturated carbocycles. The molecule has 0 aliphatic rings. The summed E-state index contributed by atoms with van der Waals surface area (Å²) in [5.74, 6) is -0.110. The third-order valence-corrected chi connectivity index (χ3v) is 11.7. The predicted molar refractivity (Wildman–Crippen MR) is 255 cm³/mol. The summed E-state index contributed by atoms with van der Waals surface area (Å²) in [4.78, 5) is 24.5. The molecule has 0 aromatic heterocycles. The van der Waals surface area contributed by atoms with Crippen LogP contribution in [0.3, 0.4) is 0 Å². The lowest BCUT2D eigenvalue weighted by Crippen LogP contribution is -2.45. The zero-order valence-electron chi connectivity index (χ0n) is 39.2. The standard InChI is InChI=1S/C53H99NO5/c1-3-5-7-9-11-13-15-17-19-21-23-27-31-35-39-43-47-53(58)59-48-44-40-36-32-28-24-26-30-34-38-42-46-52(57)54-50(49-55)51(56)45-41-37-33-29-25-22-20-18-16-14-12-10-8-6-4-2/h13,15,19,21,28,32,50-51,55-56H,3-12,14,16-18,20,22-27,29-31,33-49H2,1-2H3,(H,54,57)/b15-13-,21-19-,32-28-. The highest BCUT2D eigenvalue weighted by atomic mass is 16.5. The molecule has 2 atom stereocenters. The SMILES string of the molecule is CCCCCC/C=C\C/C=C\CCCCCCCC(=O)OCCCC/C=C\CCCCCCCC(=O)NC(CO)C(O)CCCCCCCCCCCCCCCCC. The van der Waals surface area contributed by atoms with Gasteiger partial charge in [-0.2, -0.15) is 0 Å². The number of ether oxygens (including phenoxy) is 1. The molecule has 6 heteroatoms. The molecule has 346 valence electrons. The molecule has 0 aliphatic carbocycles. The molecule has 1 amide bonds. The molecule has 0 aromatic carbocycles. The maximum Gasteiger partial charge on any atom is 0.305 e. The quantitative estimate of drug-likeness (QED) is 0.0323. The van der Waals surface area contributed by atoms with Crippen LogP contribution in [0.1, 0.15) is 264 Å². The van der Waals surface area contributed by atoms with Crippen LogP contribution in [-0.4, -0.2) is 47.4 Å². The number of aliphatic hydroxyl groups excluding tert-OH is 2. The number of unbranched alkanes of at least 4 members (excludes halogenated alkanes) is 30. The Morgan fingerprint density at radius 1 is 0.475 bits per heavy atom. The van der Waals surface area contributed by atoms with Crippen molar-refractivity contribution in [1.82, 2.24) is 5.32 Å². The average Bonchev–Trinajstić information content (AvgIpc) is 3.24. The molecule has 0 aliphatic heterocycles. The van der Waals surface area contributed by atoms with Crippen LogP contribution in [-0.2, 0) is 14.3 Å². The third kappa shape index (κ3) is 45.4. The van der Waals surface area contributed by atoms with Crippen molar-refractivity contribution < 1.29 is 24.5 Å². The minimum atomic E-state index is -0.683. The summed E-state index contributed by atoms with van der Waals surface area (Å²) in [6.07, 6.45) is 58.2. The molecule has 59 heavy (non-hydrogen) atoms. The van der Waals surface area contributed by atoms with Crippen molar-refractivity contribution >= 4 is 11.9 Å². The number of allylic oxidation sites excluding steroid dienone is 6. The van der Waals surface area contributed by atoms with E-state index in [1.807, 2.05) is 0 Å². The number of carbonyl (C=O) groups is 2. The van der Waals surface area contributed by atoms with Crippen LogP contribution >= 0.6 is 0 Å². The van der Waals surface area contributed by atoms with Crippen LogP contribution in [0.5, 0.6) is 0 Å². The van der Waals surface area contributed by atoms with Gasteiger partial charge in [0.15, 0.2) is 0 Å². The highest BCUT2D eigenvalue weighted by Gasteiger charge is 2.20. The number of rotatable bonds is 47. The lowest BCUT2D eigenvalue weighted by atomic mass is 10.0. The van der Waals surface area contributed by atoms with E-state index in [4.69, 9.17) is 4.74 Å². The van der Waals surface area contributed by atoms with E-state index in [-0.39, 0.29) is 18.5 Å². The van der Waals surface area contributed by atoms with E-state index < -0.39 is 12.1 Å². The van der Waals surface area contributed by atoms with E-state index >= 15 is 0 Å². The fourth-order valence-corrected chi connectivity index (χ4v) is 7.66. The van der Waals surface area contributed by atoms with Gasteiger partial charge >= 0.3 is 5.97 Å². The molecule has 0 aromatic rings. The summed E-state index contributed by atoms with van der Waals surface area (Å²) in [7, 11) is 0. The predicted octanol–water partition coefficient (Wildman–Crippen LogP) is 15.3. The summed E-state index contributed by atoms with van der Waals surface area (Å²) < 4.78 is 5.43. The summed E-state index contributed by atoms with van der Waals surface area (Å²) in [5.41, 5.74) is 0. The van der Waals surface area contributed by atoms with Crippen molar-refractivity contribution in [2.75, 3.05) is 13.2 Å². The van der Waals surface area contributed by atoms with Crippen LogP contribution in [0.4, 0.5) is 0 Å². The van der Waals surface area contributed by atoms with E-state index in [2.05, 4.69) is 55.6 Å². The van der Waals surface area contributed by atoms with Crippen molar-refractivity contribution in [1.29, 1.82) is 0 Å². The number of amides is 1. The van der Waals surface area contributed by atoms with Crippen LogP contribution < -0.4 is 5.32 Å². The van der Waals surface area contributed by atoms with Gasteiger partial charge in [0.1, 0.15) is 0 Å². The molecule has 0 heterocycles. The second-order valence-corrected chi connectivity index (χ2v) is 17.5.